The Hall–Kier alpha value is -0.610. The fourth-order valence-corrected chi connectivity index (χ4v) is 3.15. The maximum absolute atomic E-state index is 10.9. The zero-order chi connectivity index (χ0) is 10.9. The van der Waals surface area contributed by atoms with Crippen molar-refractivity contribution in [2.24, 2.45) is 11.3 Å². The molecule has 2 N–H and O–H groups in total. The number of carboxylic acid groups (broad SMARTS) is 1. The number of rotatable bonds is 3. The molecule has 4 nitrogen and oxygen atoms in total. The van der Waals surface area contributed by atoms with Crippen molar-refractivity contribution in [1.29, 1.82) is 0 Å². The average Bonchev–Trinajstić information content (AvgIpc) is 2.76. The molecule has 1 heterocycles. The summed E-state index contributed by atoms with van der Waals surface area (Å²) in [5, 5.41) is 17.8. The Morgan fingerprint density at radius 1 is 1.47 bits per heavy atom. The number of aliphatic carboxylic acids is 1. The van der Waals surface area contributed by atoms with Crippen molar-refractivity contribution in [1.82, 2.24) is 4.90 Å². The third-order valence-electron chi connectivity index (χ3n) is 3.99. The van der Waals surface area contributed by atoms with E-state index in [1.807, 2.05) is 0 Å². The van der Waals surface area contributed by atoms with Gasteiger partial charge in [0.05, 0.1) is 12.5 Å². The van der Waals surface area contributed by atoms with Gasteiger partial charge >= 0.3 is 5.97 Å². The van der Waals surface area contributed by atoms with Crippen LogP contribution in [0.2, 0.25) is 0 Å². The molecule has 0 aromatic carbocycles. The predicted molar refractivity (Wildman–Crippen MR) is 55.6 cm³/mol. The van der Waals surface area contributed by atoms with Gasteiger partial charge in [-0.1, -0.05) is 0 Å². The molecule has 1 aliphatic carbocycles. The standard InChI is InChI=1S/C11H19NO3/c13-6-5-12-4-3-11(8-12)2-1-9(7-11)10(14)15/h9,13H,1-8H2,(H,14,15)/t9-,11+/m1/s1. The fourth-order valence-electron chi connectivity index (χ4n) is 3.15. The molecule has 86 valence electrons. The SMILES string of the molecule is O=C(O)[C@@H]1CC[C@]2(CCN(CCO)C2)C1. The molecule has 2 aliphatic rings. The lowest BCUT2D eigenvalue weighted by molar-refractivity contribution is -0.141. The van der Waals surface area contributed by atoms with Crippen molar-refractivity contribution in [2.45, 2.75) is 25.7 Å². The third kappa shape index (κ3) is 2.16. The normalized spacial score (nSPS) is 36.5. The van der Waals surface area contributed by atoms with E-state index in [2.05, 4.69) is 4.90 Å². The van der Waals surface area contributed by atoms with E-state index in [-0.39, 0.29) is 17.9 Å². The summed E-state index contributed by atoms with van der Waals surface area (Å²) in [6, 6.07) is 0. The number of aliphatic hydroxyl groups is 1. The lowest BCUT2D eigenvalue weighted by Crippen LogP contribution is -2.28. The van der Waals surface area contributed by atoms with Crippen LogP contribution >= 0.6 is 0 Å². The number of carboxylic acids is 1. The van der Waals surface area contributed by atoms with Gasteiger partial charge in [0.15, 0.2) is 0 Å². The van der Waals surface area contributed by atoms with Gasteiger partial charge in [-0.25, -0.2) is 0 Å². The van der Waals surface area contributed by atoms with Gasteiger partial charge in [-0.15, -0.1) is 0 Å². The molecule has 0 amide bonds. The van der Waals surface area contributed by atoms with Crippen LogP contribution in [0.25, 0.3) is 0 Å². The molecule has 0 aromatic heterocycles. The lowest BCUT2D eigenvalue weighted by atomic mass is 9.84. The predicted octanol–water partition coefficient (Wildman–Crippen LogP) is 0.556. The second-order valence-corrected chi connectivity index (χ2v) is 5.03. The zero-order valence-electron chi connectivity index (χ0n) is 8.98. The first kappa shape index (κ1) is 10.9. The van der Waals surface area contributed by atoms with E-state index < -0.39 is 5.97 Å². The lowest BCUT2D eigenvalue weighted by Gasteiger charge is -2.23. The molecule has 1 saturated heterocycles. The van der Waals surface area contributed by atoms with Crippen molar-refractivity contribution in [3.05, 3.63) is 0 Å². The summed E-state index contributed by atoms with van der Waals surface area (Å²) in [5.74, 6) is -0.758. The van der Waals surface area contributed by atoms with E-state index in [1.165, 1.54) is 0 Å². The second kappa shape index (κ2) is 4.10. The quantitative estimate of drug-likeness (QED) is 0.719. The van der Waals surface area contributed by atoms with Crippen LogP contribution in [0.1, 0.15) is 25.7 Å². The molecule has 1 aliphatic heterocycles. The number of β-amino-alcohol motifs (C(OH)–C–C–N with tert-alkyl or cyclic N) is 1. The van der Waals surface area contributed by atoms with Gasteiger partial charge in [0.1, 0.15) is 0 Å². The van der Waals surface area contributed by atoms with Crippen LogP contribution < -0.4 is 0 Å². The van der Waals surface area contributed by atoms with Gasteiger partial charge in [-0.2, -0.15) is 0 Å². The van der Waals surface area contributed by atoms with Crippen LogP contribution in [0, 0.1) is 11.3 Å². The van der Waals surface area contributed by atoms with Crippen molar-refractivity contribution in [3.63, 3.8) is 0 Å². The van der Waals surface area contributed by atoms with Crippen LogP contribution in [0.5, 0.6) is 0 Å². The van der Waals surface area contributed by atoms with E-state index in [0.717, 1.165) is 45.3 Å². The van der Waals surface area contributed by atoms with Gasteiger partial charge in [0, 0.05) is 13.1 Å². The number of likely N-dealkylation sites (tertiary alicyclic amines) is 1. The summed E-state index contributed by atoms with van der Waals surface area (Å²) in [6.07, 6.45) is 3.83. The summed E-state index contributed by atoms with van der Waals surface area (Å²) in [7, 11) is 0. The first-order chi connectivity index (χ1) is 7.15. The van der Waals surface area contributed by atoms with Crippen LogP contribution in [-0.2, 0) is 4.79 Å². The van der Waals surface area contributed by atoms with E-state index in [4.69, 9.17) is 10.2 Å². The monoisotopic (exact) mass is 213 g/mol. The highest BCUT2D eigenvalue weighted by molar-refractivity contribution is 5.70. The topological polar surface area (TPSA) is 60.8 Å². The minimum atomic E-state index is -0.632. The van der Waals surface area contributed by atoms with E-state index in [0.29, 0.717) is 0 Å². The maximum atomic E-state index is 10.9. The van der Waals surface area contributed by atoms with Gasteiger partial charge in [-0.05, 0) is 37.6 Å². The summed E-state index contributed by atoms with van der Waals surface area (Å²) in [4.78, 5) is 13.1. The van der Waals surface area contributed by atoms with Gasteiger partial charge in [0.2, 0.25) is 0 Å². The van der Waals surface area contributed by atoms with Crippen LogP contribution in [0.15, 0.2) is 0 Å². The molecule has 2 fully saturated rings. The molecule has 4 heteroatoms. The molecular formula is C11H19NO3. The third-order valence-corrected chi connectivity index (χ3v) is 3.99. The minimum absolute atomic E-state index is 0.126. The summed E-state index contributed by atoms with van der Waals surface area (Å²) >= 11 is 0. The van der Waals surface area contributed by atoms with Crippen LogP contribution in [0.4, 0.5) is 0 Å². The molecule has 0 aromatic rings. The molecule has 0 bridgehead atoms. The Balaban J connectivity index is 1.92. The minimum Gasteiger partial charge on any atom is -0.481 e. The first-order valence-corrected chi connectivity index (χ1v) is 5.71. The van der Waals surface area contributed by atoms with Crippen molar-refractivity contribution in [3.8, 4) is 0 Å². The molecule has 1 saturated carbocycles. The number of aliphatic hydroxyl groups excluding tert-OH is 1. The number of hydrogen-bond acceptors (Lipinski definition) is 3. The smallest absolute Gasteiger partial charge is 0.306 e. The van der Waals surface area contributed by atoms with E-state index in [1.54, 1.807) is 0 Å². The zero-order valence-corrected chi connectivity index (χ0v) is 8.98. The Labute approximate surface area is 89.9 Å². The van der Waals surface area contributed by atoms with Crippen LogP contribution in [0.3, 0.4) is 0 Å². The Morgan fingerprint density at radius 2 is 2.27 bits per heavy atom. The van der Waals surface area contributed by atoms with Gasteiger partial charge < -0.3 is 15.1 Å². The molecular weight excluding hydrogens is 194 g/mol. The summed E-state index contributed by atoms with van der Waals surface area (Å²) in [5.41, 5.74) is 0.248. The molecule has 0 radical (unpaired) electrons. The molecule has 1 spiro atoms. The highest BCUT2D eigenvalue weighted by atomic mass is 16.4. The second-order valence-electron chi connectivity index (χ2n) is 5.03. The molecule has 2 atom stereocenters. The van der Waals surface area contributed by atoms with Crippen molar-refractivity contribution in [2.75, 3.05) is 26.2 Å². The Kier molecular flexibility index (Phi) is 2.98. The van der Waals surface area contributed by atoms with Crippen molar-refractivity contribution >= 4 is 5.97 Å². The Bertz CT molecular complexity index is 256. The van der Waals surface area contributed by atoms with E-state index >= 15 is 0 Å². The van der Waals surface area contributed by atoms with Crippen LogP contribution in [-0.4, -0.2) is 47.3 Å². The summed E-state index contributed by atoms with van der Waals surface area (Å²) < 4.78 is 0. The molecule has 15 heavy (non-hydrogen) atoms. The first-order valence-electron chi connectivity index (χ1n) is 5.71. The van der Waals surface area contributed by atoms with Gasteiger partial charge in [-0.3, -0.25) is 4.79 Å². The number of nitrogens with zero attached hydrogens (tertiary/aromatic N) is 1. The largest absolute Gasteiger partial charge is 0.481 e. The fraction of sp³-hybridized carbons (Fsp3) is 0.909. The highest BCUT2D eigenvalue weighted by Crippen LogP contribution is 2.47. The van der Waals surface area contributed by atoms with Crippen molar-refractivity contribution < 1.29 is 15.0 Å². The maximum Gasteiger partial charge on any atom is 0.306 e. The highest BCUT2D eigenvalue weighted by Gasteiger charge is 2.45. The number of carbonyl (C=O) groups is 1. The van der Waals surface area contributed by atoms with Gasteiger partial charge in [0.25, 0.3) is 0 Å². The average molecular weight is 213 g/mol. The molecule has 2 rings (SSSR count). The van der Waals surface area contributed by atoms with E-state index in [9.17, 15) is 4.79 Å². The molecule has 0 unspecified atom stereocenters. The number of hydrogen-bond donors (Lipinski definition) is 2. The Morgan fingerprint density at radius 3 is 2.87 bits per heavy atom. The summed E-state index contributed by atoms with van der Waals surface area (Å²) in [6.45, 7) is 2.95.